The summed E-state index contributed by atoms with van der Waals surface area (Å²) in [6.07, 6.45) is 4.42. The van der Waals surface area contributed by atoms with Gasteiger partial charge in [-0.15, -0.1) is 0 Å². The average molecular weight is 228 g/mol. The molecule has 0 aromatic heterocycles. The molecule has 1 aliphatic heterocycles. The summed E-state index contributed by atoms with van der Waals surface area (Å²) in [5.41, 5.74) is 0. The third-order valence-corrected chi connectivity index (χ3v) is 3.06. The molecule has 0 aromatic rings. The van der Waals surface area contributed by atoms with Gasteiger partial charge in [0.1, 0.15) is 0 Å². The number of hydrogen-bond donors (Lipinski definition) is 1. The van der Waals surface area contributed by atoms with Crippen LogP contribution < -0.4 is 5.32 Å². The minimum Gasteiger partial charge on any atom is -0.380 e. The minimum absolute atomic E-state index is 0.213. The van der Waals surface area contributed by atoms with Crippen LogP contribution in [-0.2, 0) is 9.53 Å². The predicted molar refractivity (Wildman–Crippen MR) is 64.4 cm³/mol. The Morgan fingerprint density at radius 1 is 1.38 bits per heavy atom. The first-order valence-electron chi connectivity index (χ1n) is 6.25. The maximum absolute atomic E-state index is 11.8. The quantitative estimate of drug-likeness (QED) is 0.690. The molecule has 0 aromatic carbocycles. The number of ether oxygens (including phenoxy) is 1. The number of nitrogens with one attached hydrogen (secondary N) is 1. The van der Waals surface area contributed by atoms with Crippen LogP contribution in [0.3, 0.4) is 0 Å². The van der Waals surface area contributed by atoms with E-state index in [1.54, 1.807) is 7.11 Å². The molecular weight excluding hydrogens is 204 g/mol. The van der Waals surface area contributed by atoms with E-state index < -0.39 is 0 Å². The lowest BCUT2D eigenvalue weighted by molar-refractivity contribution is -0.132. The lowest BCUT2D eigenvalue weighted by atomic mass is 10.1. The van der Waals surface area contributed by atoms with Crippen molar-refractivity contribution >= 4 is 5.91 Å². The molecular formula is C12H24N2O2. The van der Waals surface area contributed by atoms with E-state index in [-0.39, 0.29) is 12.0 Å². The Balaban J connectivity index is 2.05. The van der Waals surface area contributed by atoms with Gasteiger partial charge < -0.3 is 15.0 Å². The number of hydrogen-bond acceptors (Lipinski definition) is 3. The number of carbonyl (C=O) groups excluding carboxylic acids is 1. The van der Waals surface area contributed by atoms with Crippen LogP contribution in [0.15, 0.2) is 0 Å². The molecule has 1 amide bonds. The van der Waals surface area contributed by atoms with Gasteiger partial charge in [0.25, 0.3) is 0 Å². The lowest BCUT2D eigenvalue weighted by Crippen LogP contribution is -2.37. The van der Waals surface area contributed by atoms with Gasteiger partial charge in [0.2, 0.25) is 5.91 Å². The van der Waals surface area contributed by atoms with Crippen LogP contribution >= 0.6 is 0 Å². The molecule has 1 N–H and O–H groups in total. The van der Waals surface area contributed by atoms with Crippen molar-refractivity contribution in [1.82, 2.24) is 10.2 Å². The van der Waals surface area contributed by atoms with E-state index in [1.165, 1.54) is 19.3 Å². The van der Waals surface area contributed by atoms with Gasteiger partial charge in [-0.3, -0.25) is 4.79 Å². The third-order valence-electron chi connectivity index (χ3n) is 3.06. The van der Waals surface area contributed by atoms with Gasteiger partial charge >= 0.3 is 0 Å². The fourth-order valence-corrected chi connectivity index (χ4v) is 1.89. The molecule has 1 unspecified atom stereocenters. The smallest absolute Gasteiger partial charge is 0.223 e. The number of rotatable bonds is 6. The van der Waals surface area contributed by atoms with Crippen molar-refractivity contribution < 1.29 is 9.53 Å². The van der Waals surface area contributed by atoms with Crippen molar-refractivity contribution in [3.05, 3.63) is 0 Å². The van der Waals surface area contributed by atoms with E-state index in [1.807, 2.05) is 11.8 Å². The zero-order chi connectivity index (χ0) is 11.8. The molecule has 0 saturated carbocycles. The van der Waals surface area contributed by atoms with Crippen LogP contribution in [0.25, 0.3) is 0 Å². The molecule has 1 rings (SSSR count). The summed E-state index contributed by atoms with van der Waals surface area (Å²) in [6, 6.07) is 0. The zero-order valence-corrected chi connectivity index (χ0v) is 10.5. The Bertz CT molecular complexity index is 203. The number of amides is 1. The Morgan fingerprint density at radius 3 is 2.69 bits per heavy atom. The van der Waals surface area contributed by atoms with E-state index in [4.69, 9.17) is 4.74 Å². The summed E-state index contributed by atoms with van der Waals surface area (Å²) in [4.78, 5) is 13.8. The molecule has 94 valence electrons. The molecule has 0 radical (unpaired) electrons. The first kappa shape index (κ1) is 13.5. The van der Waals surface area contributed by atoms with Crippen LogP contribution in [0.1, 0.15) is 32.6 Å². The van der Waals surface area contributed by atoms with Gasteiger partial charge in [-0.1, -0.05) is 0 Å². The maximum atomic E-state index is 11.8. The van der Waals surface area contributed by atoms with Crippen molar-refractivity contribution in [2.45, 2.75) is 38.7 Å². The second-order valence-electron chi connectivity index (χ2n) is 4.44. The molecule has 4 nitrogen and oxygen atoms in total. The van der Waals surface area contributed by atoms with Crippen molar-refractivity contribution in [3.63, 3.8) is 0 Å². The highest BCUT2D eigenvalue weighted by atomic mass is 16.5. The van der Waals surface area contributed by atoms with Crippen LogP contribution in [0.5, 0.6) is 0 Å². The first-order chi connectivity index (χ1) is 7.74. The SMILES string of the molecule is COC(C)CNCCC(=O)N1CCCCC1. The van der Waals surface area contributed by atoms with Gasteiger partial charge in [0.05, 0.1) is 6.10 Å². The predicted octanol–water partition coefficient (Wildman–Crippen LogP) is 1.01. The summed E-state index contributed by atoms with van der Waals surface area (Å²) in [7, 11) is 1.70. The van der Waals surface area contributed by atoms with E-state index in [0.717, 1.165) is 26.2 Å². The fraction of sp³-hybridized carbons (Fsp3) is 0.917. The monoisotopic (exact) mass is 228 g/mol. The molecule has 1 saturated heterocycles. The fourth-order valence-electron chi connectivity index (χ4n) is 1.89. The summed E-state index contributed by atoms with van der Waals surface area (Å²) in [5.74, 6) is 0.289. The Hall–Kier alpha value is -0.610. The number of nitrogens with zero attached hydrogens (tertiary/aromatic N) is 1. The molecule has 1 fully saturated rings. The molecule has 16 heavy (non-hydrogen) atoms. The third kappa shape index (κ3) is 4.94. The van der Waals surface area contributed by atoms with Crippen molar-refractivity contribution in [1.29, 1.82) is 0 Å². The van der Waals surface area contributed by atoms with Crippen LogP contribution in [0, 0.1) is 0 Å². The molecule has 0 aliphatic carbocycles. The number of methoxy groups -OCH3 is 1. The first-order valence-corrected chi connectivity index (χ1v) is 6.25. The Morgan fingerprint density at radius 2 is 2.06 bits per heavy atom. The highest BCUT2D eigenvalue weighted by molar-refractivity contribution is 5.76. The standard InChI is InChI=1S/C12H24N2O2/c1-11(16-2)10-13-7-6-12(15)14-8-4-3-5-9-14/h11,13H,3-10H2,1-2H3. The summed E-state index contributed by atoms with van der Waals surface area (Å²) in [6.45, 7) is 5.48. The van der Waals surface area contributed by atoms with Gasteiger partial charge in [-0.25, -0.2) is 0 Å². The van der Waals surface area contributed by atoms with E-state index in [2.05, 4.69) is 5.32 Å². The van der Waals surface area contributed by atoms with Crippen molar-refractivity contribution in [2.24, 2.45) is 0 Å². The summed E-state index contributed by atoms with van der Waals surface area (Å²) < 4.78 is 5.12. The second kappa shape index (κ2) is 7.63. The largest absolute Gasteiger partial charge is 0.380 e. The zero-order valence-electron chi connectivity index (χ0n) is 10.5. The number of likely N-dealkylation sites (tertiary alicyclic amines) is 1. The highest BCUT2D eigenvalue weighted by Gasteiger charge is 2.15. The second-order valence-corrected chi connectivity index (χ2v) is 4.44. The number of piperidine rings is 1. The number of carbonyl (C=O) groups is 1. The lowest BCUT2D eigenvalue weighted by Gasteiger charge is -2.26. The van der Waals surface area contributed by atoms with E-state index in [0.29, 0.717) is 6.42 Å². The molecule has 4 heteroatoms. The highest BCUT2D eigenvalue weighted by Crippen LogP contribution is 2.09. The molecule has 1 atom stereocenters. The molecule has 0 bridgehead atoms. The normalized spacial score (nSPS) is 18.5. The van der Waals surface area contributed by atoms with Crippen LogP contribution in [-0.4, -0.2) is 50.2 Å². The topological polar surface area (TPSA) is 41.6 Å². The summed E-state index contributed by atoms with van der Waals surface area (Å²) >= 11 is 0. The van der Waals surface area contributed by atoms with E-state index >= 15 is 0 Å². The van der Waals surface area contributed by atoms with Gasteiger partial charge in [-0.05, 0) is 26.2 Å². The Labute approximate surface area is 98.3 Å². The van der Waals surface area contributed by atoms with Gasteiger partial charge in [-0.2, -0.15) is 0 Å². The summed E-state index contributed by atoms with van der Waals surface area (Å²) in [5, 5.41) is 3.23. The van der Waals surface area contributed by atoms with Crippen molar-refractivity contribution in [2.75, 3.05) is 33.3 Å². The van der Waals surface area contributed by atoms with Gasteiger partial charge in [0.15, 0.2) is 0 Å². The molecule has 1 heterocycles. The molecule has 1 aliphatic rings. The van der Waals surface area contributed by atoms with Gasteiger partial charge in [0, 0.05) is 39.7 Å². The van der Waals surface area contributed by atoms with Crippen LogP contribution in [0.4, 0.5) is 0 Å². The average Bonchev–Trinajstić information content (AvgIpc) is 2.35. The van der Waals surface area contributed by atoms with Crippen molar-refractivity contribution in [3.8, 4) is 0 Å². The Kier molecular flexibility index (Phi) is 6.42. The van der Waals surface area contributed by atoms with E-state index in [9.17, 15) is 4.79 Å². The van der Waals surface area contributed by atoms with Crippen LogP contribution in [0.2, 0.25) is 0 Å². The minimum atomic E-state index is 0.213. The molecule has 0 spiro atoms. The maximum Gasteiger partial charge on any atom is 0.223 e.